The quantitative estimate of drug-likeness (QED) is 0.673. The molecule has 2 atom stereocenters. The molecule has 0 unspecified atom stereocenters. The van der Waals surface area contributed by atoms with E-state index in [1.807, 2.05) is 0 Å². The van der Waals surface area contributed by atoms with E-state index in [9.17, 15) is 0 Å². The lowest BCUT2D eigenvalue weighted by molar-refractivity contribution is 0.235. The molecule has 0 radical (unpaired) electrons. The van der Waals surface area contributed by atoms with Gasteiger partial charge < -0.3 is 20.8 Å². The number of hydrogen-bond donors (Lipinski definition) is 4. The van der Waals surface area contributed by atoms with Crippen LogP contribution in [-0.4, -0.2) is 35.5 Å². The third-order valence-electron chi connectivity index (χ3n) is 4.77. The maximum Gasteiger partial charge on any atom is 0.0587 e. The highest BCUT2D eigenvalue weighted by atomic mass is 16.3. The van der Waals surface area contributed by atoms with Gasteiger partial charge >= 0.3 is 0 Å². The molecule has 0 bridgehead atoms. The molecule has 0 saturated carbocycles. The normalized spacial score (nSPS) is 21.9. The summed E-state index contributed by atoms with van der Waals surface area (Å²) in [5.74, 6) is 0. The van der Waals surface area contributed by atoms with Gasteiger partial charge in [-0.15, -0.1) is 0 Å². The molecule has 128 valence electrons. The van der Waals surface area contributed by atoms with Crippen molar-refractivity contribution in [1.29, 1.82) is 0 Å². The van der Waals surface area contributed by atoms with Gasteiger partial charge in [0.05, 0.1) is 13.2 Å². The van der Waals surface area contributed by atoms with Crippen molar-refractivity contribution in [1.82, 2.24) is 10.6 Å². The summed E-state index contributed by atoms with van der Waals surface area (Å²) in [5.41, 5.74) is 5.47. The molecule has 2 aromatic carbocycles. The summed E-state index contributed by atoms with van der Waals surface area (Å²) in [6.07, 6.45) is 1.90. The summed E-state index contributed by atoms with van der Waals surface area (Å²) in [5, 5.41) is 24.5. The molecule has 2 aliphatic rings. The van der Waals surface area contributed by atoms with Crippen molar-refractivity contribution in [3.05, 3.63) is 70.8 Å². The van der Waals surface area contributed by atoms with Crippen LogP contribution in [0.2, 0.25) is 0 Å². The smallest absolute Gasteiger partial charge is 0.0587 e. The minimum atomic E-state index is 0.230. The second-order valence-electron chi connectivity index (χ2n) is 6.47. The van der Waals surface area contributed by atoms with Crippen LogP contribution in [0.25, 0.3) is 0 Å². The number of fused-ring (bicyclic) bond motifs is 2. The lowest BCUT2D eigenvalue weighted by atomic mass is 9.96. The maximum absolute atomic E-state index is 8.95. The lowest BCUT2D eigenvalue weighted by Crippen LogP contribution is -2.38. The number of nitrogens with one attached hydrogen (secondary N) is 2. The van der Waals surface area contributed by atoms with Gasteiger partial charge in [0.15, 0.2) is 0 Å². The number of aliphatic hydroxyl groups excluding tert-OH is 2. The largest absolute Gasteiger partial charge is 0.395 e. The molecule has 0 spiro atoms. The number of rotatable bonds is 2. The average Bonchev–Trinajstić information content (AvgIpc) is 2.67. The third-order valence-corrected chi connectivity index (χ3v) is 4.77. The van der Waals surface area contributed by atoms with Gasteiger partial charge in [-0.3, -0.25) is 0 Å². The predicted octanol–water partition coefficient (Wildman–Crippen LogP) is 1.39. The van der Waals surface area contributed by atoms with E-state index in [2.05, 4.69) is 59.2 Å². The van der Waals surface area contributed by atoms with Gasteiger partial charge in [0.25, 0.3) is 0 Å². The van der Waals surface area contributed by atoms with Crippen LogP contribution in [0, 0.1) is 0 Å². The first-order valence-electron chi connectivity index (χ1n) is 8.62. The molecule has 4 N–H and O–H groups in total. The van der Waals surface area contributed by atoms with Crippen LogP contribution in [0.1, 0.15) is 22.3 Å². The van der Waals surface area contributed by atoms with Crippen LogP contribution in [0.3, 0.4) is 0 Å². The van der Waals surface area contributed by atoms with Crippen molar-refractivity contribution in [3.63, 3.8) is 0 Å². The second-order valence-corrected chi connectivity index (χ2v) is 6.47. The highest BCUT2D eigenvalue weighted by Gasteiger charge is 2.16. The first-order valence-corrected chi connectivity index (χ1v) is 8.62. The number of benzene rings is 2. The SMILES string of the molecule is OC[C@@H]1Cc2ccccc2CN1.OC[C@@H]1Cc2ccccc2CN1. The first-order chi connectivity index (χ1) is 11.8. The van der Waals surface area contributed by atoms with Crippen LogP contribution in [0.15, 0.2) is 48.5 Å². The Morgan fingerprint density at radius 2 is 1.04 bits per heavy atom. The Labute approximate surface area is 143 Å². The molecule has 0 fully saturated rings. The summed E-state index contributed by atoms with van der Waals surface area (Å²) < 4.78 is 0. The van der Waals surface area contributed by atoms with Gasteiger partial charge in [0.2, 0.25) is 0 Å². The molecule has 4 rings (SSSR count). The van der Waals surface area contributed by atoms with E-state index in [0.717, 1.165) is 25.9 Å². The number of aliphatic hydroxyl groups is 2. The van der Waals surface area contributed by atoms with E-state index >= 15 is 0 Å². The predicted molar refractivity (Wildman–Crippen MR) is 95.7 cm³/mol. The summed E-state index contributed by atoms with van der Waals surface area (Å²) in [6, 6.07) is 17.3. The van der Waals surface area contributed by atoms with Gasteiger partial charge in [-0.2, -0.15) is 0 Å². The fraction of sp³-hybridized carbons (Fsp3) is 0.400. The molecule has 0 aliphatic carbocycles. The molecule has 2 aliphatic heterocycles. The third kappa shape index (κ3) is 4.22. The van der Waals surface area contributed by atoms with Crippen molar-refractivity contribution >= 4 is 0 Å². The van der Waals surface area contributed by atoms with Gasteiger partial charge in [0, 0.05) is 25.2 Å². The van der Waals surface area contributed by atoms with E-state index < -0.39 is 0 Å². The lowest BCUT2D eigenvalue weighted by Gasteiger charge is -2.24. The fourth-order valence-corrected chi connectivity index (χ4v) is 3.30. The molecule has 0 saturated heterocycles. The maximum atomic E-state index is 8.95. The zero-order valence-corrected chi connectivity index (χ0v) is 13.9. The Hall–Kier alpha value is -1.72. The van der Waals surface area contributed by atoms with Crippen molar-refractivity contribution in [3.8, 4) is 0 Å². The van der Waals surface area contributed by atoms with Crippen LogP contribution in [-0.2, 0) is 25.9 Å². The zero-order chi connectivity index (χ0) is 16.8. The Morgan fingerprint density at radius 3 is 1.42 bits per heavy atom. The van der Waals surface area contributed by atoms with Gasteiger partial charge in [0.1, 0.15) is 0 Å². The van der Waals surface area contributed by atoms with E-state index in [4.69, 9.17) is 10.2 Å². The van der Waals surface area contributed by atoms with Gasteiger partial charge in [-0.05, 0) is 35.1 Å². The first kappa shape index (κ1) is 17.1. The summed E-state index contributed by atoms with van der Waals surface area (Å²) in [7, 11) is 0. The summed E-state index contributed by atoms with van der Waals surface area (Å²) in [4.78, 5) is 0. The summed E-state index contributed by atoms with van der Waals surface area (Å²) in [6.45, 7) is 2.24. The van der Waals surface area contributed by atoms with Crippen LogP contribution >= 0.6 is 0 Å². The number of hydrogen-bond acceptors (Lipinski definition) is 4. The average molecular weight is 326 g/mol. The molecule has 0 amide bonds. The van der Waals surface area contributed by atoms with Crippen molar-refractivity contribution in [2.75, 3.05) is 13.2 Å². The van der Waals surface area contributed by atoms with Crippen molar-refractivity contribution in [2.24, 2.45) is 0 Å². The summed E-state index contributed by atoms with van der Waals surface area (Å²) >= 11 is 0. The molecular weight excluding hydrogens is 300 g/mol. The van der Waals surface area contributed by atoms with E-state index in [0.29, 0.717) is 0 Å². The molecule has 24 heavy (non-hydrogen) atoms. The van der Waals surface area contributed by atoms with E-state index in [1.165, 1.54) is 22.3 Å². The second kappa shape index (κ2) is 8.40. The molecule has 2 aromatic rings. The van der Waals surface area contributed by atoms with Crippen LogP contribution in [0.5, 0.6) is 0 Å². The minimum absolute atomic E-state index is 0.230. The molecule has 4 nitrogen and oxygen atoms in total. The molecular formula is C20H26N2O2. The van der Waals surface area contributed by atoms with E-state index in [-0.39, 0.29) is 25.3 Å². The van der Waals surface area contributed by atoms with Gasteiger partial charge in [-0.25, -0.2) is 0 Å². The van der Waals surface area contributed by atoms with Crippen molar-refractivity contribution < 1.29 is 10.2 Å². The minimum Gasteiger partial charge on any atom is -0.395 e. The molecule has 2 heterocycles. The standard InChI is InChI=1S/2C10H13NO/c2*12-7-10-5-8-3-1-2-4-9(8)6-11-10/h2*1-4,10-12H,5-7H2/t2*10-/m00/s1. The van der Waals surface area contributed by atoms with E-state index in [1.54, 1.807) is 0 Å². The van der Waals surface area contributed by atoms with Gasteiger partial charge in [-0.1, -0.05) is 48.5 Å². The fourth-order valence-electron chi connectivity index (χ4n) is 3.30. The topological polar surface area (TPSA) is 64.5 Å². The molecule has 0 aromatic heterocycles. The van der Waals surface area contributed by atoms with Crippen LogP contribution < -0.4 is 10.6 Å². The monoisotopic (exact) mass is 326 g/mol. The Bertz CT molecular complexity index is 602. The zero-order valence-electron chi connectivity index (χ0n) is 13.9. The van der Waals surface area contributed by atoms with Crippen molar-refractivity contribution in [2.45, 2.75) is 38.0 Å². The molecule has 4 heteroatoms. The highest BCUT2D eigenvalue weighted by molar-refractivity contribution is 5.30. The Kier molecular flexibility index (Phi) is 5.99. The van der Waals surface area contributed by atoms with Crippen LogP contribution in [0.4, 0.5) is 0 Å². The Balaban J connectivity index is 0.000000141. The highest BCUT2D eigenvalue weighted by Crippen LogP contribution is 2.16. The Morgan fingerprint density at radius 1 is 0.667 bits per heavy atom.